The lowest BCUT2D eigenvalue weighted by molar-refractivity contribution is -0.132. The highest BCUT2D eigenvalue weighted by atomic mass is 32.2. The molecule has 0 aromatic heterocycles. The molecule has 2 fully saturated rings. The Kier molecular flexibility index (Phi) is 6.44. The first-order valence-corrected chi connectivity index (χ1v) is 10.1. The SMILES string of the molecule is COc1ccccc1CCC1SCCN1C(=O)CN1CCCCC1. The molecule has 0 aliphatic carbocycles. The van der Waals surface area contributed by atoms with E-state index < -0.39 is 0 Å². The summed E-state index contributed by atoms with van der Waals surface area (Å²) in [6, 6.07) is 8.19. The van der Waals surface area contributed by atoms with Gasteiger partial charge in [-0.15, -0.1) is 11.8 Å². The molecule has 2 heterocycles. The van der Waals surface area contributed by atoms with Gasteiger partial charge in [0.2, 0.25) is 5.91 Å². The molecule has 1 aromatic carbocycles. The molecule has 0 N–H and O–H groups in total. The van der Waals surface area contributed by atoms with Crippen LogP contribution in [0.15, 0.2) is 24.3 Å². The lowest BCUT2D eigenvalue weighted by Gasteiger charge is -2.30. The van der Waals surface area contributed by atoms with Crippen LogP contribution in [0, 0.1) is 0 Å². The fraction of sp³-hybridized carbons (Fsp3) is 0.632. The van der Waals surface area contributed by atoms with Crippen LogP contribution >= 0.6 is 11.8 Å². The molecule has 4 nitrogen and oxygen atoms in total. The van der Waals surface area contributed by atoms with Crippen LogP contribution in [0.1, 0.15) is 31.2 Å². The molecule has 1 amide bonds. The third-order valence-electron chi connectivity index (χ3n) is 4.97. The van der Waals surface area contributed by atoms with Crippen molar-refractivity contribution in [3.63, 3.8) is 0 Å². The highest BCUT2D eigenvalue weighted by Gasteiger charge is 2.30. The smallest absolute Gasteiger partial charge is 0.237 e. The van der Waals surface area contributed by atoms with E-state index in [0.717, 1.165) is 44.0 Å². The van der Waals surface area contributed by atoms with E-state index in [1.54, 1.807) is 7.11 Å². The Morgan fingerprint density at radius 1 is 1.21 bits per heavy atom. The van der Waals surface area contributed by atoms with Gasteiger partial charge in [0.15, 0.2) is 0 Å². The molecule has 2 aliphatic heterocycles. The van der Waals surface area contributed by atoms with E-state index in [9.17, 15) is 4.79 Å². The second-order valence-corrected chi connectivity index (χ2v) is 7.89. The number of para-hydroxylation sites is 1. The zero-order valence-electron chi connectivity index (χ0n) is 14.6. The van der Waals surface area contributed by atoms with Crippen molar-refractivity contribution in [2.24, 2.45) is 0 Å². The van der Waals surface area contributed by atoms with E-state index in [1.807, 2.05) is 23.9 Å². The molecule has 0 saturated carbocycles. The van der Waals surface area contributed by atoms with Gasteiger partial charge >= 0.3 is 0 Å². The summed E-state index contributed by atoms with van der Waals surface area (Å²) in [6.45, 7) is 3.66. The maximum Gasteiger partial charge on any atom is 0.237 e. The number of amides is 1. The van der Waals surface area contributed by atoms with Crippen LogP contribution in [-0.4, -0.2) is 60.1 Å². The minimum absolute atomic E-state index is 0.312. The fourth-order valence-corrected chi connectivity index (χ4v) is 4.90. The van der Waals surface area contributed by atoms with Gasteiger partial charge in [-0.25, -0.2) is 0 Å². The van der Waals surface area contributed by atoms with Crippen LogP contribution in [0.2, 0.25) is 0 Å². The largest absolute Gasteiger partial charge is 0.496 e. The number of rotatable bonds is 6. The molecule has 24 heavy (non-hydrogen) atoms. The Morgan fingerprint density at radius 2 is 2.00 bits per heavy atom. The average molecular weight is 349 g/mol. The van der Waals surface area contributed by atoms with Crippen molar-refractivity contribution < 1.29 is 9.53 Å². The van der Waals surface area contributed by atoms with Crippen molar-refractivity contribution in [2.45, 2.75) is 37.5 Å². The Bertz CT molecular complexity index is 546. The minimum Gasteiger partial charge on any atom is -0.496 e. The standard InChI is InChI=1S/C19H28N2O2S/c1-23-17-8-4-3-7-16(17)9-10-19-21(13-14-24-19)18(22)15-20-11-5-2-6-12-20/h3-4,7-8,19H,2,5-6,9-15H2,1H3. The number of hydrogen-bond donors (Lipinski definition) is 0. The van der Waals surface area contributed by atoms with Crippen molar-refractivity contribution >= 4 is 17.7 Å². The quantitative estimate of drug-likeness (QED) is 0.791. The number of likely N-dealkylation sites (tertiary alicyclic amines) is 1. The van der Waals surface area contributed by atoms with Gasteiger partial charge in [0, 0.05) is 12.3 Å². The molecule has 1 unspecified atom stereocenters. The molecule has 3 rings (SSSR count). The van der Waals surface area contributed by atoms with E-state index in [2.05, 4.69) is 21.9 Å². The number of piperidine rings is 1. The molecule has 5 heteroatoms. The van der Waals surface area contributed by atoms with Crippen LogP contribution in [-0.2, 0) is 11.2 Å². The van der Waals surface area contributed by atoms with Gasteiger partial charge in [-0.05, 0) is 50.4 Å². The van der Waals surface area contributed by atoms with Crippen LogP contribution < -0.4 is 4.74 Å². The maximum absolute atomic E-state index is 12.7. The highest BCUT2D eigenvalue weighted by Crippen LogP contribution is 2.29. The summed E-state index contributed by atoms with van der Waals surface area (Å²) in [5.41, 5.74) is 1.23. The monoisotopic (exact) mass is 348 g/mol. The number of benzene rings is 1. The molecular formula is C19H28N2O2S. The minimum atomic E-state index is 0.312. The number of ether oxygens (including phenoxy) is 1. The molecule has 0 bridgehead atoms. The Morgan fingerprint density at radius 3 is 2.79 bits per heavy atom. The lowest BCUT2D eigenvalue weighted by Crippen LogP contribution is -2.44. The third-order valence-corrected chi connectivity index (χ3v) is 6.26. The summed E-state index contributed by atoms with van der Waals surface area (Å²) in [5.74, 6) is 2.32. The number of methoxy groups -OCH3 is 1. The summed E-state index contributed by atoms with van der Waals surface area (Å²) < 4.78 is 5.44. The fourth-order valence-electron chi connectivity index (χ4n) is 3.63. The van der Waals surface area contributed by atoms with Gasteiger partial charge in [-0.3, -0.25) is 9.69 Å². The molecule has 1 atom stereocenters. The van der Waals surface area contributed by atoms with Crippen molar-refractivity contribution in [1.29, 1.82) is 0 Å². The maximum atomic E-state index is 12.7. The summed E-state index contributed by atoms with van der Waals surface area (Å²) in [4.78, 5) is 17.1. The second kappa shape index (κ2) is 8.77. The summed E-state index contributed by atoms with van der Waals surface area (Å²) in [7, 11) is 1.72. The number of carbonyl (C=O) groups excluding carboxylic acids is 1. The Hall–Kier alpha value is -1.20. The highest BCUT2D eigenvalue weighted by molar-refractivity contribution is 8.00. The van der Waals surface area contributed by atoms with Crippen LogP contribution in [0.4, 0.5) is 0 Å². The van der Waals surface area contributed by atoms with E-state index in [4.69, 9.17) is 4.74 Å². The normalized spacial score (nSPS) is 21.9. The average Bonchev–Trinajstić information content (AvgIpc) is 3.10. The summed E-state index contributed by atoms with van der Waals surface area (Å²) >= 11 is 1.92. The number of aryl methyl sites for hydroxylation is 1. The van der Waals surface area contributed by atoms with Gasteiger partial charge in [0.1, 0.15) is 5.75 Å². The van der Waals surface area contributed by atoms with E-state index in [1.165, 1.54) is 24.8 Å². The topological polar surface area (TPSA) is 32.8 Å². The molecule has 2 aliphatic rings. The Balaban J connectivity index is 1.53. The number of thioether (sulfide) groups is 1. The Labute approximate surface area is 149 Å². The van der Waals surface area contributed by atoms with Crippen molar-refractivity contribution in [3.8, 4) is 5.75 Å². The van der Waals surface area contributed by atoms with Gasteiger partial charge in [0.25, 0.3) is 0 Å². The van der Waals surface area contributed by atoms with Crippen molar-refractivity contribution in [2.75, 3.05) is 39.0 Å². The number of hydrogen-bond acceptors (Lipinski definition) is 4. The predicted octanol–water partition coefficient (Wildman–Crippen LogP) is 3.02. The van der Waals surface area contributed by atoms with Crippen LogP contribution in [0.3, 0.4) is 0 Å². The van der Waals surface area contributed by atoms with E-state index in [-0.39, 0.29) is 0 Å². The van der Waals surface area contributed by atoms with Gasteiger partial charge in [-0.2, -0.15) is 0 Å². The van der Waals surface area contributed by atoms with E-state index >= 15 is 0 Å². The number of nitrogens with zero attached hydrogens (tertiary/aromatic N) is 2. The lowest BCUT2D eigenvalue weighted by atomic mass is 10.1. The van der Waals surface area contributed by atoms with E-state index in [0.29, 0.717) is 17.8 Å². The summed E-state index contributed by atoms with van der Waals surface area (Å²) in [5, 5.41) is 0.312. The molecular weight excluding hydrogens is 320 g/mol. The van der Waals surface area contributed by atoms with Crippen molar-refractivity contribution in [3.05, 3.63) is 29.8 Å². The molecule has 132 valence electrons. The molecule has 0 spiro atoms. The predicted molar refractivity (Wildman–Crippen MR) is 99.6 cm³/mol. The van der Waals surface area contributed by atoms with Gasteiger partial charge in [0.05, 0.1) is 19.0 Å². The van der Waals surface area contributed by atoms with Crippen molar-refractivity contribution in [1.82, 2.24) is 9.80 Å². The first kappa shape index (κ1) is 17.6. The first-order valence-electron chi connectivity index (χ1n) is 9.03. The summed E-state index contributed by atoms with van der Waals surface area (Å²) in [6.07, 6.45) is 5.73. The first-order chi connectivity index (χ1) is 11.8. The molecule has 2 saturated heterocycles. The molecule has 1 aromatic rings. The van der Waals surface area contributed by atoms with Gasteiger partial charge < -0.3 is 9.64 Å². The van der Waals surface area contributed by atoms with Crippen LogP contribution in [0.25, 0.3) is 0 Å². The second-order valence-electron chi connectivity index (χ2n) is 6.60. The van der Waals surface area contributed by atoms with Crippen LogP contribution in [0.5, 0.6) is 5.75 Å². The molecule has 0 radical (unpaired) electrons. The third kappa shape index (κ3) is 4.45. The van der Waals surface area contributed by atoms with Gasteiger partial charge in [-0.1, -0.05) is 24.6 Å². The zero-order valence-corrected chi connectivity index (χ0v) is 15.4. The number of carbonyl (C=O) groups is 1. The zero-order chi connectivity index (χ0) is 16.8.